The van der Waals surface area contributed by atoms with E-state index in [1.165, 1.54) is 7.11 Å². The molecule has 0 radical (unpaired) electrons. The van der Waals surface area contributed by atoms with Gasteiger partial charge in [-0.15, -0.1) is 0 Å². The Labute approximate surface area is 198 Å². The van der Waals surface area contributed by atoms with E-state index in [1.807, 2.05) is 30.3 Å². The van der Waals surface area contributed by atoms with E-state index in [0.29, 0.717) is 17.7 Å². The second-order valence-corrected chi connectivity index (χ2v) is 7.75. The molecule has 3 aromatic carbocycles. The lowest BCUT2D eigenvalue weighted by molar-refractivity contribution is -0.158. The minimum Gasteiger partial charge on any atom is -0.452 e. The number of rotatable bonds is 9. The van der Waals surface area contributed by atoms with E-state index in [-0.39, 0.29) is 6.61 Å². The summed E-state index contributed by atoms with van der Waals surface area (Å²) in [4.78, 5) is 25.6. The Morgan fingerprint density at radius 3 is 1.76 bits per heavy atom. The van der Waals surface area contributed by atoms with Crippen molar-refractivity contribution in [2.45, 2.75) is 31.2 Å². The van der Waals surface area contributed by atoms with Crippen molar-refractivity contribution in [2.75, 3.05) is 13.7 Å². The van der Waals surface area contributed by atoms with Gasteiger partial charge in [0, 0.05) is 7.11 Å². The molecule has 4 rings (SSSR count). The van der Waals surface area contributed by atoms with Gasteiger partial charge in [0.2, 0.25) is 0 Å². The maximum Gasteiger partial charge on any atom is 0.338 e. The molecule has 3 aromatic rings. The maximum absolute atomic E-state index is 12.8. The first-order valence-corrected chi connectivity index (χ1v) is 11.0. The van der Waals surface area contributed by atoms with Crippen LogP contribution in [0.3, 0.4) is 0 Å². The SMILES string of the molecule is CO[C@@H]1O[C@H](COCc2ccccc2)[C@@H](OC(=O)c2ccccc2)[C@H]1OC(=O)c1ccccc1. The summed E-state index contributed by atoms with van der Waals surface area (Å²) in [5.41, 5.74) is 1.74. The van der Waals surface area contributed by atoms with Crippen molar-refractivity contribution in [1.82, 2.24) is 0 Å². The minimum atomic E-state index is -0.976. The van der Waals surface area contributed by atoms with E-state index >= 15 is 0 Å². The molecule has 0 unspecified atom stereocenters. The third-order valence-electron chi connectivity index (χ3n) is 5.40. The van der Waals surface area contributed by atoms with Gasteiger partial charge in [-0.05, 0) is 29.8 Å². The fourth-order valence-electron chi connectivity index (χ4n) is 3.68. The fraction of sp³-hybridized carbons (Fsp3) is 0.259. The lowest BCUT2D eigenvalue weighted by Crippen LogP contribution is -2.42. The first-order valence-electron chi connectivity index (χ1n) is 11.0. The zero-order valence-electron chi connectivity index (χ0n) is 18.7. The van der Waals surface area contributed by atoms with Gasteiger partial charge >= 0.3 is 11.9 Å². The lowest BCUT2D eigenvalue weighted by atomic mass is 10.1. The minimum absolute atomic E-state index is 0.112. The first kappa shape index (κ1) is 23.6. The number of carbonyl (C=O) groups is 2. The Balaban J connectivity index is 1.51. The van der Waals surface area contributed by atoms with Crippen LogP contribution >= 0.6 is 0 Å². The van der Waals surface area contributed by atoms with E-state index in [4.69, 9.17) is 23.7 Å². The number of ether oxygens (including phenoxy) is 5. The molecule has 1 heterocycles. The molecule has 1 aliphatic rings. The highest BCUT2D eigenvalue weighted by atomic mass is 16.7. The van der Waals surface area contributed by atoms with Gasteiger partial charge in [-0.1, -0.05) is 66.7 Å². The third-order valence-corrected chi connectivity index (χ3v) is 5.40. The van der Waals surface area contributed by atoms with Crippen LogP contribution in [0.25, 0.3) is 0 Å². The lowest BCUT2D eigenvalue weighted by Gasteiger charge is -2.24. The fourth-order valence-corrected chi connectivity index (χ4v) is 3.68. The average molecular weight is 462 g/mol. The molecule has 0 aliphatic carbocycles. The summed E-state index contributed by atoms with van der Waals surface area (Å²) in [7, 11) is 1.44. The summed E-state index contributed by atoms with van der Waals surface area (Å²) < 4.78 is 28.7. The third kappa shape index (κ3) is 5.88. The molecule has 0 amide bonds. The van der Waals surface area contributed by atoms with E-state index in [1.54, 1.807) is 60.7 Å². The summed E-state index contributed by atoms with van der Waals surface area (Å²) in [6.45, 7) is 0.465. The highest BCUT2D eigenvalue weighted by Crippen LogP contribution is 2.29. The first-order chi connectivity index (χ1) is 16.7. The highest BCUT2D eigenvalue weighted by molar-refractivity contribution is 5.90. The van der Waals surface area contributed by atoms with Gasteiger partial charge in [0.15, 0.2) is 18.5 Å². The van der Waals surface area contributed by atoms with Crippen molar-refractivity contribution in [1.29, 1.82) is 0 Å². The van der Waals surface area contributed by atoms with Crippen molar-refractivity contribution < 1.29 is 33.3 Å². The van der Waals surface area contributed by atoms with Crippen LogP contribution in [0.1, 0.15) is 26.3 Å². The molecule has 1 fully saturated rings. The second-order valence-electron chi connectivity index (χ2n) is 7.75. The molecule has 1 aliphatic heterocycles. The van der Waals surface area contributed by atoms with Crippen molar-refractivity contribution >= 4 is 11.9 Å². The van der Waals surface area contributed by atoms with Crippen LogP contribution in [0.5, 0.6) is 0 Å². The maximum atomic E-state index is 12.8. The number of esters is 2. The van der Waals surface area contributed by atoms with Crippen molar-refractivity contribution in [3.8, 4) is 0 Å². The van der Waals surface area contributed by atoms with Gasteiger partial charge in [-0.2, -0.15) is 0 Å². The Morgan fingerprint density at radius 2 is 1.24 bits per heavy atom. The molecule has 0 bridgehead atoms. The van der Waals surface area contributed by atoms with Crippen molar-refractivity contribution in [3.63, 3.8) is 0 Å². The van der Waals surface area contributed by atoms with E-state index < -0.39 is 36.5 Å². The topological polar surface area (TPSA) is 80.3 Å². The predicted octanol–water partition coefficient (Wildman–Crippen LogP) is 4.03. The number of carbonyl (C=O) groups excluding carboxylic acids is 2. The van der Waals surface area contributed by atoms with Gasteiger partial charge in [0.25, 0.3) is 0 Å². The number of methoxy groups -OCH3 is 1. The zero-order chi connectivity index (χ0) is 23.8. The van der Waals surface area contributed by atoms with Gasteiger partial charge in [-0.25, -0.2) is 9.59 Å². The molecule has 7 heteroatoms. The Bertz CT molecular complexity index is 1060. The summed E-state index contributed by atoms with van der Waals surface area (Å²) in [5.74, 6) is -1.12. The molecular formula is C27H26O7. The number of hydrogen-bond donors (Lipinski definition) is 0. The molecule has 0 N–H and O–H groups in total. The molecule has 0 saturated carbocycles. The van der Waals surface area contributed by atoms with Crippen molar-refractivity contribution in [3.05, 3.63) is 108 Å². The smallest absolute Gasteiger partial charge is 0.338 e. The molecule has 176 valence electrons. The monoisotopic (exact) mass is 462 g/mol. The standard InChI is InChI=1S/C27H26O7/c1-30-27-24(34-26(29)21-15-9-4-10-16-21)23(33-25(28)20-13-7-3-8-14-20)22(32-27)18-31-17-19-11-5-2-6-12-19/h2-16,22-24,27H,17-18H2,1H3/t22-,23-,24-,27-/m1/s1. The van der Waals surface area contributed by atoms with Crippen LogP contribution in [0.4, 0.5) is 0 Å². The molecule has 34 heavy (non-hydrogen) atoms. The summed E-state index contributed by atoms with van der Waals surface area (Å²) in [6, 6.07) is 26.8. The summed E-state index contributed by atoms with van der Waals surface area (Å²) >= 11 is 0. The summed E-state index contributed by atoms with van der Waals surface area (Å²) in [6.07, 6.45) is -3.53. The molecule has 7 nitrogen and oxygen atoms in total. The van der Waals surface area contributed by atoms with E-state index in [2.05, 4.69) is 0 Å². The van der Waals surface area contributed by atoms with Crippen LogP contribution < -0.4 is 0 Å². The van der Waals surface area contributed by atoms with Crippen LogP contribution in [-0.4, -0.2) is 50.3 Å². The molecule has 0 aromatic heterocycles. The highest BCUT2D eigenvalue weighted by Gasteiger charge is 2.50. The Morgan fingerprint density at radius 1 is 0.735 bits per heavy atom. The summed E-state index contributed by atoms with van der Waals surface area (Å²) in [5, 5.41) is 0. The van der Waals surface area contributed by atoms with E-state index in [0.717, 1.165) is 5.56 Å². The molecular weight excluding hydrogens is 436 g/mol. The quantitative estimate of drug-likeness (QED) is 0.444. The van der Waals surface area contributed by atoms with Crippen molar-refractivity contribution in [2.24, 2.45) is 0 Å². The number of hydrogen-bond acceptors (Lipinski definition) is 7. The van der Waals surface area contributed by atoms with Gasteiger partial charge in [0.05, 0.1) is 24.3 Å². The molecule has 1 saturated heterocycles. The largest absolute Gasteiger partial charge is 0.452 e. The van der Waals surface area contributed by atoms with Crippen LogP contribution in [0, 0.1) is 0 Å². The van der Waals surface area contributed by atoms with Crippen LogP contribution in [0.15, 0.2) is 91.0 Å². The Hall–Kier alpha value is -3.52. The Kier molecular flexibility index (Phi) is 8.04. The molecule has 4 atom stereocenters. The van der Waals surface area contributed by atoms with Gasteiger partial charge in [0.1, 0.15) is 6.10 Å². The number of benzene rings is 3. The van der Waals surface area contributed by atoms with Gasteiger partial charge in [-0.3, -0.25) is 0 Å². The zero-order valence-corrected chi connectivity index (χ0v) is 18.7. The van der Waals surface area contributed by atoms with E-state index in [9.17, 15) is 9.59 Å². The average Bonchev–Trinajstić information content (AvgIpc) is 3.21. The van der Waals surface area contributed by atoms with Gasteiger partial charge < -0.3 is 23.7 Å². The molecule has 0 spiro atoms. The van der Waals surface area contributed by atoms with Crippen LogP contribution in [0.2, 0.25) is 0 Å². The predicted molar refractivity (Wildman–Crippen MR) is 123 cm³/mol. The normalized spacial score (nSPS) is 21.7. The second kappa shape index (κ2) is 11.6. The van der Waals surface area contributed by atoms with Crippen LogP contribution in [-0.2, 0) is 30.3 Å².